The van der Waals surface area contributed by atoms with Gasteiger partial charge in [0.05, 0.1) is 11.9 Å². The normalized spacial score (nSPS) is 12.1. The van der Waals surface area contributed by atoms with Crippen LogP contribution in [0.25, 0.3) is 22.3 Å². The number of aromatic nitrogens is 5. The summed E-state index contributed by atoms with van der Waals surface area (Å²) in [5, 5.41) is 4.88. The second-order valence-electron chi connectivity index (χ2n) is 3.94. The number of rotatable bonds is 2. The van der Waals surface area contributed by atoms with Gasteiger partial charge in [0, 0.05) is 29.5 Å². The van der Waals surface area contributed by atoms with E-state index in [-0.39, 0.29) is 5.28 Å². The van der Waals surface area contributed by atoms with Gasteiger partial charge in [-0.1, -0.05) is 0 Å². The van der Waals surface area contributed by atoms with E-state index in [9.17, 15) is 8.42 Å². The summed E-state index contributed by atoms with van der Waals surface area (Å²) in [5.74, 6) is 0. The van der Waals surface area contributed by atoms with Crippen molar-refractivity contribution >= 4 is 32.7 Å². The molecule has 0 aliphatic rings. The third-order valence-corrected chi connectivity index (χ3v) is 3.65. The second kappa shape index (κ2) is 4.04. The predicted molar refractivity (Wildman–Crippen MR) is 70.4 cm³/mol. The Bertz CT molecular complexity index is 867. The maximum atomic E-state index is 11.4. The molecule has 19 heavy (non-hydrogen) atoms. The Balaban J connectivity index is 2.17. The van der Waals surface area contributed by atoms with E-state index in [4.69, 9.17) is 11.6 Å². The summed E-state index contributed by atoms with van der Waals surface area (Å²) < 4.78 is 23.7. The molecular formula is C10H8ClN5O2S. The van der Waals surface area contributed by atoms with E-state index in [0.29, 0.717) is 16.9 Å². The first-order chi connectivity index (χ1) is 8.95. The topological polar surface area (TPSA) is 93.5 Å². The van der Waals surface area contributed by atoms with Crippen molar-refractivity contribution in [3.8, 4) is 11.3 Å². The summed E-state index contributed by atoms with van der Waals surface area (Å²) >= 11 is 5.70. The molecule has 0 atom stereocenters. The highest BCUT2D eigenvalue weighted by Crippen LogP contribution is 2.26. The molecule has 7 nitrogen and oxygen atoms in total. The number of nitrogens with one attached hydrogen (secondary N) is 1. The van der Waals surface area contributed by atoms with E-state index in [1.165, 1.54) is 6.20 Å². The average molecular weight is 298 g/mol. The molecule has 3 heterocycles. The van der Waals surface area contributed by atoms with Crippen molar-refractivity contribution in [2.45, 2.75) is 0 Å². The first-order valence-electron chi connectivity index (χ1n) is 5.21. The number of H-pyrrole nitrogens is 1. The monoisotopic (exact) mass is 297 g/mol. The molecule has 3 rings (SSSR count). The van der Waals surface area contributed by atoms with Gasteiger partial charge < -0.3 is 4.98 Å². The van der Waals surface area contributed by atoms with E-state index in [2.05, 4.69) is 20.1 Å². The van der Waals surface area contributed by atoms with Crippen LogP contribution in [0.15, 0.2) is 24.7 Å². The molecule has 0 aromatic carbocycles. The minimum Gasteiger partial charge on any atom is -0.345 e. The van der Waals surface area contributed by atoms with Crippen LogP contribution in [-0.2, 0) is 10.0 Å². The SMILES string of the molecule is CS(=O)(=O)n1ccc(-c2c[nH]c3nc(Cl)ncc23)n1. The van der Waals surface area contributed by atoms with Gasteiger partial charge in [-0.15, -0.1) is 0 Å². The Labute approximate surface area is 113 Å². The molecule has 0 fully saturated rings. The number of hydrogen-bond donors (Lipinski definition) is 1. The van der Waals surface area contributed by atoms with Gasteiger partial charge in [-0.05, 0) is 17.7 Å². The summed E-state index contributed by atoms with van der Waals surface area (Å²) in [5.41, 5.74) is 1.81. The Hall–Kier alpha value is -1.93. The molecule has 0 radical (unpaired) electrons. The van der Waals surface area contributed by atoms with E-state index in [1.54, 1.807) is 18.5 Å². The zero-order chi connectivity index (χ0) is 13.6. The van der Waals surface area contributed by atoms with Gasteiger partial charge in [-0.3, -0.25) is 0 Å². The highest BCUT2D eigenvalue weighted by Gasteiger charge is 2.13. The Kier molecular flexibility index (Phi) is 2.58. The van der Waals surface area contributed by atoms with Gasteiger partial charge in [0.1, 0.15) is 5.65 Å². The number of nitrogens with zero attached hydrogens (tertiary/aromatic N) is 4. The predicted octanol–water partition coefficient (Wildman–Crippen LogP) is 1.28. The molecule has 0 unspecified atom stereocenters. The molecule has 0 saturated carbocycles. The number of hydrogen-bond acceptors (Lipinski definition) is 5. The third kappa shape index (κ3) is 2.08. The Morgan fingerprint density at radius 2 is 2.21 bits per heavy atom. The molecular weight excluding hydrogens is 290 g/mol. The average Bonchev–Trinajstić information content (AvgIpc) is 2.91. The van der Waals surface area contributed by atoms with Crippen LogP contribution in [0.1, 0.15) is 0 Å². The highest BCUT2D eigenvalue weighted by molar-refractivity contribution is 7.89. The molecule has 1 N–H and O–H groups in total. The minimum absolute atomic E-state index is 0.141. The zero-order valence-electron chi connectivity index (χ0n) is 9.70. The van der Waals surface area contributed by atoms with Crippen LogP contribution >= 0.6 is 11.6 Å². The zero-order valence-corrected chi connectivity index (χ0v) is 11.3. The molecule has 98 valence electrons. The summed E-state index contributed by atoms with van der Waals surface area (Å²) in [4.78, 5) is 10.9. The number of aromatic amines is 1. The first kappa shape index (κ1) is 12.1. The van der Waals surface area contributed by atoms with E-state index < -0.39 is 10.0 Å². The van der Waals surface area contributed by atoms with Gasteiger partial charge in [0.2, 0.25) is 5.28 Å². The second-order valence-corrected chi connectivity index (χ2v) is 6.12. The molecule has 0 saturated heterocycles. The van der Waals surface area contributed by atoms with Crippen molar-refractivity contribution in [3.63, 3.8) is 0 Å². The van der Waals surface area contributed by atoms with Crippen molar-refractivity contribution in [3.05, 3.63) is 29.9 Å². The van der Waals surface area contributed by atoms with Crippen LogP contribution in [0.5, 0.6) is 0 Å². The number of halogens is 1. The maximum Gasteiger partial charge on any atom is 0.250 e. The molecule has 9 heteroatoms. The highest BCUT2D eigenvalue weighted by atomic mass is 35.5. The fraction of sp³-hybridized carbons (Fsp3) is 0.100. The van der Waals surface area contributed by atoms with E-state index >= 15 is 0 Å². The quantitative estimate of drug-likeness (QED) is 0.719. The summed E-state index contributed by atoms with van der Waals surface area (Å²) in [7, 11) is -3.39. The molecule has 0 spiro atoms. The van der Waals surface area contributed by atoms with Gasteiger partial charge >= 0.3 is 0 Å². The van der Waals surface area contributed by atoms with Crippen molar-refractivity contribution < 1.29 is 8.42 Å². The van der Waals surface area contributed by atoms with Crippen LogP contribution in [0.3, 0.4) is 0 Å². The van der Waals surface area contributed by atoms with Crippen molar-refractivity contribution in [2.75, 3.05) is 6.26 Å². The Morgan fingerprint density at radius 3 is 2.89 bits per heavy atom. The minimum atomic E-state index is -3.39. The third-order valence-electron chi connectivity index (χ3n) is 2.58. The van der Waals surface area contributed by atoms with Crippen LogP contribution < -0.4 is 0 Å². The van der Waals surface area contributed by atoms with Crippen LogP contribution in [0.2, 0.25) is 5.28 Å². The number of fused-ring (bicyclic) bond motifs is 1. The van der Waals surface area contributed by atoms with Crippen molar-refractivity contribution in [1.29, 1.82) is 0 Å². The summed E-state index contributed by atoms with van der Waals surface area (Å²) in [6.07, 6.45) is 5.72. The van der Waals surface area contributed by atoms with Crippen molar-refractivity contribution in [2.24, 2.45) is 0 Å². The summed E-state index contributed by atoms with van der Waals surface area (Å²) in [6.45, 7) is 0. The van der Waals surface area contributed by atoms with E-state index in [0.717, 1.165) is 15.7 Å². The first-order valence-corrected chi connectivity index (χ1v) is 7.44. The lowest BCUT2D eigenvalue weighted by Crippen LogP contribution is -2.10. The molecule has 3 aromatic heterocycles. The molecule has 0 bridgehead atoms. The molecule has 0 amide bonds. The summed E-state index contributed by atoms with van der Waals surface area (Å²) in [6, 6.07) is 1.61. The largest absolute Gasteiger partial charge is 0.345 e. The maximum absolute atomic E-state index is 11.4. The molecule has 3 aromatic rings. The molecule has 0 aliphatic carbocycles. The van der Waals surface area contributed by atoms with Gasteiger partial charge in [-0.2, -0.15) is 14.2 Å². The Morgan fingerprint density at radius 1 is 1.42 bits per heavy atom. The smallest absolute Gasteiger partial charge is 0.250 e. The van der Waals surface area contributed by atoms with Gasteiger partial charge in [0.25, 0.3) is 10.0 Å². The van der Waals surface area contributed by atoms with Crippen molar-refractivity contribution in [1.82, 2.24) is 24.1 Å². The fourth-order valence-corrected chi connectivity index (χ4v) is 2.38. The standard InChI is InChI=1S/C10H8ClN5O2S/c1-19(17,18)16-3-2-8(15-16)6-4-12-9-7(6)5-13-10(11)14-9/h2-5H,1H3,(H,12,13,14). The van der Waals surface area contributed by atoms with Crippen LogP contribution in [0.4, 0.5) is 0 Å². The van der Waals surface area contributed by atoms with Gasteiger partial charge in [-0.25, -0.2) is 13.4 Å². The van der Waals surface area contributed by atoms with Crippen LogP contribution in [-0.4, -0.2) is 38.8 Å². The fourth-order valence-electron chi connectivity index (χ4n) is 1.73. The molecule has 0 aliphatic heterocycles. The lowest BCUT2D eigenvalue weighted by molar-refractivity contribution is 0.586. The lowest BCUT2D eigenvalue weighted by atomic mass is 10.2. The van der Waals surface area contributed by atoms with Gasteiger partial charge in [0.15, 0.2) is 0 Å². The van der Waals surface area contributed by atoms with Crippen LogP contribution in [0, 0.1) is 0 Å². The lowest BCUT2D eigenvalue weighted by Gasteiger charge is -1.96. The van der Waals surface area contributed by atoms with E-state index in [1.807, 2.05) is 0 Å².